The van der Waals surface area contributed by atoms with Gasteiger partial charge in [-0.2, -0.15) is 4.31 Å². The van der Waals surface area contributed by atoms with Gasteiger partial charge < -0.3 is 10.1 Å². The van der Waals surface area contributed by atoms with Gasteiger partial charge in [0.25, 0.3) is 0 Å². The quantitative estimate of drug-likeness (QED) is 0.692. The molecule has 0 radical (unpaired) electrons. The molecule has 0 aliphatic heterocycles. The molecule has 136 valence electrons. The lowest BCUT2D eigenvalue weighted by molar-refractivity contribution is 0.332. The maximum atomic E-state index is 12.8. The molecule has 2 aromatic carbocycles. The number of halogens is 1. The summed E-state index contributed by atoms with van der Waals surface area (Å²) in [5.41, 5.74) is 0.807. The third-order valence-corrected chi connectivity index (χ3v) is 5.78. The maximum Gasteiger partial charge on any atom is 0.243 e. The molecule has 2 rings (SSSR count). The summed E-state index contributed by atoms with van der Waals surface area (Å²) < 4.78 is 44.5. The Labute approximate surface area is 148 Å². The molecule has 0 aliphatic carbocycles. The molecule has 0 saturated carbocycles. The molecule has 0 spiro atoms. The molecule has 0 saturated heterocycles. The third kappa shape index (κ3) is 5.17. The molecule has 0 fully saturated rings. The van der Waals surface area contributed by atoms with E-state index < -0.39 is 10.0 Å². The average molecular weight is 366 g/mol. The fraction of sp³-hybridized carbons (Fsp3) is 0.333. The van der Waals surface area contributed by atoms with Crippen LogP contribution in [-0.4, -0.2) is 39.0 Å². The van der Waals surface area contributed by atoms with Crippen molar-refractivity contribution in [2.75, 3.05) is 31.6 Å². The molecule has 1 N–H and O–H groups in total. The van der Waals surface area contributed by atoms with Crippen molar-refractivity contribution in [3.63, 3.8) is 0 Å². The second kappa shape index (κ2) is 8.82. The number of benzene rings is 2. The Hall–Kier alpha value is -2.12. The smallest absolute Gasteiger partial charge is 0.243 e. The zero-order valence-corrected chi connectivity index (χ0v) is 15.2. The lowest BCUT2D eigenvalue weighted by Gasteiger charge is -2.18. The van der Waals surface area contributed by atoms with Gasteiger partial charge in [0.2, 0.25) is 10.0 Å². The van der Waals surface area contributed by atoms with Crippen molar-refractivity contribution >= 4 is 15.7 Å². The van der Waals surface area contributed by atoms with Gasteiger partial charge in [0, 0.05) is 25.3 Å². The Bertz CT molecular complexity index is 758. The van der Waals surface area contributed by atoms with Gasteiger partial charge in [-0.1, -0.05) is 13.8 Å². The van der Waals surface area contributed by atoms with E-state index in [0.717, 1.165) is 5.69 Å². The summed E-state index contributed by atoms with van der Waals surface area (Å²) in [4.78, 5) is 0.282. The minimum absolute atomic E-state index is 0.282. The number of hydrogen-bond donors (Lipinski definition) is 1. The average Bonchev–Trinajstić information content (AvgIpc) is 2.61. The Morgan fingerprint density at radius 3 is 2.16 bits per heavy atom. The van der Waals surface area contributed by atoms with Crippen molar-refractivity contribution in [2.45, 2.75) is 18.7 Å². The number of rotatable bonds is 9. The summed E-state index contributed by atoms with van der Waals surface area (Å²) in [7, 11) is -3.43. The van der Waals surface area contributed by atoms with Crippen molar-refractivity contribution in [2.24, 2.45) is 0 Å². The number of anilines is 1. The van der Waals surface area contributed by atoms with Crippen LogP contribution in [0.3, 0.4) is 0 Å². The van der Waals surface area contributed by atoms with E-state index in [0.29, 0.717) is 32.0 Å². The molecule has 0 amide bonds. The maximum absolute atomic E-state index is 12.8. The first-order valence-corrected chi connectivity index (χ1v) is 9.63. The fourth-order valence-corrected chi connectivity index (χ4v) is 3.81. The highest BCUT2D eigenvalue weighted by molar-refractivity contribution is 7.89. The summed E-state index contributed by atoms with van der Waals surface area (Å²) in [6.07, 6.45) is 0. The number of hydrogen-bond acceptors (Lipinski definition) is 4. The molecular formula is C18H23FN2O3S. The lowest BCUT2D eigenvalue weighted by Crippen LogP contribution is -2.30. The van der Waals surface area contributed by atoms with Crippen LogP contribution in [0.15, 0.2) is 53.4 Å². The molecule has 0 aromatic heterocycles. The molecule has 0 unspecified atom stereocenters. The summed E-state index contributed by atoms with van der Waals surface area (Å²) in [5, 5.41) is 3.15. The van der Waals surface area contributed by atoms with Gasteiger partial charge in [-0.15, -0.1) is 0 Å². The SMILES string of the molecule is CCN(CC)S(=O)(=O)c1ccc(NCCOc2ccc(F)cc2)cc1. The number of sulfonamides is 1. The minimum atomic E-state index is -3.43. The van der Waals surface area contributed by atoms with Crippen LogP contribution in [0.5, 0.6) is 5.75 Å². The highest BCUT2D eigenvalue weighted by atomic mass is 32.2. The van der Waals surface area contributed by atoms with Gasteiger partial charge >= 0.3 is 0 Å². The second-order valence-corrected chi connectivity index (χ2v) is 7.28. The first kappa shape index (κ1) is 19.2. The van der Waals surface area contributed by atoms with Crippen LogP contribution in [0.2, 0.25) is 0 Å². The molecule has 0 bridgehead atoms. The van der Waals surface area contributed by atoms with E-state index in [1.165, 1.54) is 16.4 Å². The van der Waals surface area contributed by atoms with Crippen molar-refractivity contribution < 1.29 is 17.5 Å². The lowest BCUT2D eigenvalue weighted by atomic mass is 10.3. The normalized spacial score (nSPS) is 11.5. The molecule has 7 heteroatoms. The molecule has 0 heterocycles. The van der Waals surface area contributed by atoms with Gasteiger partial charge in [-0.05, 0) is 48.5 Å². The minimum Gasteiger partial charge on any atom is -0.492 e. The molecule has 2 aromatic rings. The van der Waals surface area contributed by atoms with E-state index in [9.17, 15) is 12.8 Å². The molecule has 5 nitrogen and oxygen atoms in total. The monoisotopic (exact) mass is 366 g/mol. The van der Waals surface area contributed by atoms with E-state index >= 15 is 0 Å². The highest BCUT2D eigenvalue weighted by Gasteiger charge is 2.20. The van der Waals surface area contributed by atoms with Crippen LogP contribution < -0.4 is 10.1 Å². The molecule has 0 atom stereocenters. The zero-order chi connectivity index (χ0) is 18.3. The highest BCUT2D eigenvalue weighted by Crippen LogP contribution is 2.18. The summed E-state index contributed by atoms with van der Waals surface area (Å²) in [5.74, 6) is 0.300. The van der Waals surface area contributed by atoms with Crippen LogP contribution in [0, 0.1) is 5.82 Å². The van der Waals surface area contributed by atoms with Crippen molar-refractivity contribution in [3.8, 4) is 5.75 Å². The Morgan fingerprint density at radius 1 is 1.00 bits per heavy atom. The molecule has 25 heavy (non-hydrogen) atoms. The topological polar surface area (TPSA) is 58.6 Å². The fourth-order valence-electron chi connectivity index (χ4n) is 2.35. The van der Waals surface area contributed by atoms with E-state index in [-0.39, 0.29) is 10.7 Å². The van der Waals surface area contributed by atoms with E-state index in [1.54, 1.807) is 36.4 Å². The van der Waals surface area contributed by atoms with Crippen LogP contribution in [0.1, 0.15) is 13.8 Å². The summed E-state index contributed by atoms with van der Waals surface area (Å²) >= 11 is 0. The van der Waals surface area contributed by atoms with Gasteiger partial charge in [0.05, 0.1) is 4.90 Å². The number of ether oxygens (including phenoxy) is 1. The Kier molecular flexibility index (Phi) is 6.78. The predicted molar refractivity (Wildman–Crippen MR) is 96.9 cm³/mol. The van der Waals surface area contributed by atoms with Crippen LogP contribution in [0.25, 0.3) is 0 Å². The van der Waals surface area contributed by atoms with Gasteiger partial charge in [0.15, 0.2) is 0 Å². The van der Waals surface area contributed by atoms with E-state index in [2.05, 4.69) is 5.32 Å². The largest absolute Gasteiger partial charge is 0.492 e. The van der Waals surface area contributed by atoms with Gasteiger partial charge in [-0.3, -0.25) is 0 Å². The molecular weight excluding hydrogens is 343 g/mol. The van der Waals surface area contributed by atoms with Crippen LogP contribution in [0.4, 0.5) is 10.1 Å². The second-order valence-electron chi connectivity index (χ2n) is 5.34. The van der Waals surface area contributed by atoms with Crippen molar-refractivity contribution in [1.29, 1.82) is 0 Å². The van der Waals surface area contributed by atoms with Crippen molar-refractivity contribution in [3.05, 3.63) is 54.3 Å². The van der Waals surface area contributed by atoms with Gasteiger partial charge in [-0.25, -0.2) is 12.8 Å². The van der Waals surface area contributed by atoms with Crippen LogP contribution in [-0.2, 0) is 10.0 Å². The summed E-state index contributed by atoms with van der Waals surface area (Å²) in [6, 6.07) is 12.5. The standard InChI is InChI=1S/C18H23FN2O3S/c1-3-21(4-2)25(22,23)18-11-7-16(8-12-18)20-13-14-24-17-9-5-15(19)6-10-17/h5-12,20H,3-4,13-14H2,1-2H3. The third-order valence-electron chi connectivity index (χ3n) is 3.71. The number of nitrogens with one attached hydrogen (secondary N) is 1. The first-order chi connectivity index (χ1) is 12.0. The predicted octanol–water partition coefficient (Wildman–Crippen LogP) is 3.35. The van der Waals surface area contributed by atoms with E-state index in [1.807, 2.05) is 13.8 Å². The Balaban J connectivity index is 1.87. The zero-order valence-electron chi connectivity index (χ0n) is 14.4. The Morgan fingerprint density at radius 2 is 1.60 bits per heavy atom. The summed E-state index contributed by atoms with van der Waals surface area (Å²) in [6.45, 7) is 5.47. The first-order valence-electron chi connectivity index (χ1n) is 8.19. The number of nitrogens with zero attached hydrogens (tertiary/aromatic N) is 1. The van der Waals surface area contributed by atoms with Gasteiger partial charge in [0.1, 0.15) is 18.2 Å². The van der Waals surface area contributed by atoms with E-state index in [4.69, 9.17) is 4.74 Å². The van der Waals surface area contributed by atoms with Crippen molar-refractivity contribution in [1.82, 2.24) is 4.31 Å². The van der Waals surface area contributed by atoms with Crippen LogP contribution >= 0.6 is 0 Å². The molecule has 0 aliphatic rings.